The molecule has 1 rings (SSSR count). The lowest BCUT2D eigenvalue weighted by molar-refractivity contribution is -0.385. The number of carbonyl (C=O) groups excluding carboxylic acids is 3. The summed E-state index contributed by atoms with van der Waals surface area (Å²) in [6.45, 7) is 1.20. The van der Waals surface area contributed by atoms with Crippen LogP contribution in [0.1, 0.15) is 17.3 Å². The molecule has 124 valence electrons. The number of ether oxygens (including phenoxy) is 1. The van der Waals surface area contributed by atoms with E-state index < -0.39 is 35.0 Å². The summed E-state index contributed by atoms with van der Waals surface area (Å²) in [7, 11) is 0. The molecular weight excluding hydrogens is 330 g/mol. The average molecular weight is 344 g/mol. The lowest BCUT2D eigenvalue weighted by atomic mass is 10.2. The molecule has 0 unspecified atom stereocenters. The van der Waals surface area contributed by atoms with Gasteiger partial charge in [-0.3, -0.25) is 19.7 Å². The number of hydrogen-bond donors (Lipinski definition) is 2. The first-order valence-corrected chi connectivity index (χ1v) is 6.87. The molecule has 1 aromatic carbocycles. The van der Waals surface area contributed by atoms with Gasteiger partial charge in [-0.25, -0.2) is 4.79 Å². The number of nitro groups is 1. The smallest absolute Gasteiger partial charge is 0.345 e. The summed E-state index contributed by atoms with van der Waals surface area (Å²) in [4.78, 5) is 44.5. The quantitative estimate of drug-likeness (QED) is 0.425. The van der Waals surface area contributed by atoms with Gasteiger partial charge in [0.05, 0.1) is 11.5 Å². The van der Waals surface area contributed by atoms with Gasteiger partial charge in [-0.1, -0.05) is 11.6 Å². The number of esters is 1. The van der Waals surface area contributed by atoms with Crippen molar-refractivity contribution in [3.8, 4) is 0 Å². The lowest BCUT2D eigenvalue weighted by Crippen LogP contribution is -2.38. The molecule has 0 bridgehead atoms. The number of halogens is 1. The highest BCUT2D eigenvalue weighted by molar-refractivity contribution is 6.31. The van der Waals surface area contributed by atoms with Crippen molar-refractivity contribution in [2.24, 2.45) is 0 Å². The lowest BCUT2D eigenvalue weighted by Gasteiger charge is -2.07. The number of benzene rings is 1. The van der Waals surface area contributed by atoms with Crippen LogP contribution in [0.4, 0.5) is 5.69 Å². The molecule has 2 amide bonds. The van der Waals surface area contributed by atoms with Crippen molar-refractivity contribution in [1.29, 1.82) is 0 Å². The van der Waals surface area contributed by atoms with Crippen molar-refractivity contribution < 1.29 is 24.0 Å². The molecule has 0 atom stereocenters. The molecule has 0 saturated carbocycles. The van der Waals surface area contributed by atoms with E-state index in [-0.39, 0.29) is 17.1 Å². The predicted octanol–water partition coefficient (Wildman–Crippen LogP) is 0.657. The number of likely N-dealkylation sites (N-methyl/N-ethyl adjacent to an activating group) is 1. The number of nitrogens with zero attached hydrogens (tertiary/aromatic N) is 1. The van der Waals surface area contributed by atoms with Gasteiger partial charge in [0.1, 0.15) is 5.56 Å². The normalized spacial score (nSPS) is 9.83. The summed E-state index contributed by atoms with van der Waals surface area (Å²) >= 11 is 5.69. The Bertz CT molecular complexity index is 634. The molecule has 2 N–H and O–H groups in total. The minimum atomic E-state index is -1.06. The third kappa shape index (κ3) is 5.91. The fourth-order valence-corrected chi connectivity index (χ4v) is 1.70. The third-order valence-corrected chi connectivity index (χ3v) is 2.76. The van der Waals surface area contributed by atoms with Crippen molar-refractivity contribution in [2.45, 2.75) is 6.92 Å². The second kappa shape index (κ2) is 8.69. The topological polar surface area (TPSA) is 128 Å². The van der Waals surface area contributed by atoms with Gasteiger partial charge in [-0.2, -0.15) is 0 Å². The maximum atomic E-state index is 11.8. The fraction of sp³-hybridized carbons (Fsp3) is 0.308. The van der Waals surface area contributed by atoms with Crippen molar-refractivity contribution in [2.75, 3.05) is 19.7 Å². The van der Waals surface area contributed by atoms with Crippen LogP contribution in [0, 0.1) is 10.1 Å². The Kier molecular flexibility index (Phi) is 6.94. The van der Waals surface area contributed by atoms with Gasteiger partial charge >= 0.3 is 5.97 Å². The van der Waals surface area contributed by atoms with Gasteiger partial charge in [0.2, 0.25) is 5.91 Å². The Hall–Kier alpha value is -2.68. The summed E-state index contributed by atoms with van der Waals surface area (Å²) in [6.07, 6.45) is 0. The second-order valence-electron chi connectivity index (χ2n) is 4.22. The highest BCUT2D eigenvalue weighted by Gasteiger charge is 2.22. The number of nitrogens with one attached hydrogen (secondary N) is 2. The zero-order valence-corrected chi connectivity index (χ0v) is 12.9. The SMILES string of the molecule is CCNC(=O)CNC(=O)COC(=O)c1cc(Cl)ccc1[N+](=O)[O-]. The van der Waals surface area contributed by atoms with Gasteiger partial charge < -0.3 is 15.4 Å². The number of rotatable bonds is 7. The summed E-state index contributed by atoms with van der Waals surface area (Å²) in [5.74, 6) is -2.17. The molecule has 0 aliphatic carbocycles. The molecule has 0 fully saturated rings. The fourth-order valence-electron chi connectivity index (χ4n) is 1.53. The molecule has 23 heavy (non-hydrogen) atoms. The molecule has 1 aromatic rings. The summed E-state index contributed by atoms with van der Waals surface area (Å²) in [5.41, 5.74) is -0.846. The Morgan fingerprint density at radius 2 is 1.96 bits per heavy atom. The molecule has 0 aliphatic heterocycles. The van der Waals surface area contributed by atoms with Crippen LogP contribution in [0.2, 0.25) is 5.02 Å². The molecule has 0 aliphatic rings. The standard InChI is InChI=1S/C13H14ClN3O6/c1-2-15-11(18)6-16-12(19)7-23-13(20)9-5-8(14)3-4-10(9)17(21)22/h3-5H,2,6-7H2,1H3,(H,15,18)(H,16,19). The van der Waals surface area contributed by atoms with E-state index in [9.17, 15) is 24.5 Å². The van der Waals surface area contributed by atoms with Gasteiger partial charge in [0, 0.05) is 17.6 Å². The molecule has 0 saturated heterocycles. The van der Waals surface area contributed by atoms with Gasteiger partial charge in [0.15, 0.2) is 6.61 Å². The minimum Gasteiger partial charge on any atom is -0.452 e. The van der Waals surface area contributed by atoms with E-state index in [1.54, 1.807) is 6.92 Å². The van der Waals surface area contributed by atoms with E-state index in [2.05, 4.69) is 15.4 Å². The Morgan fingerprint density at radius 3 is 2.57 bits per heavy atom. The second-order valence-corrected chi connectivity index (χ2v) is 4.66. The Morgan fingerprint density at radius 1 is 1.26 bits per heavy atom. The first-order valence-electron chi connectivity index (χ1n) is 6.49. The van der Waals surface area contributed by atoms with Gasteiger partial charge in [-0.05, 0) is 19.1 Å². The maximum Gasteiger partial charge on any atom is 0.345 e. The molecular formula is C13H14ClN3O6. The van der Waals surface area contributed by atoms with Crippen molar-refractivity contribution in [3.05, 3.63) is 38.9 Å². The summed E-state index contributed by atoms with van der Waals surface area (Å²) in [6, 6.07) is 3.40. The average Bonchev–Trinajstić information content (AvgIpc) is 2.50. The summed E-state index contributed by atoms with van der Waals surface area (Å²) in [5, 5.41) is 15.7. The van der Waals surface area contributed by atoms with E-state index in [1.807, 2.05) is 0 Å². The monoisotopic (exact) mass is 343 g/mol. The van der Waals surface area contributed by atoms with E-state index in [0.29, 0.717) is 6.54 Å². The van der Waals surface area contributed by atoms with Crippen molar-refractivity contribution in [1.82, 2.24) is 10.6 Å². The Balaban J connectivity index is 2.60. The van der Waals surface area contributed by atoms with Crippen LogP contribution < -0.4 is 10.6 Å². The van der Waals surface area contributed by atoms with Crippen LogP contribution >= 0.6 is 11.6 Å². The third-order valence-electron chi connectivity index (χ3n) is 2.53. The molecule has 0 aromatic heterocycles. The largest absolute Gasteiger partial charge is 0.452 e. The number of hydrogen-bond acceptors (Lipinski definition) is 6. The van der Waals surface area contributed by atoms with E-state index in [4.69, 9.17) is 11.6 Å². The van der Waals surface area contributed by atoms with Crippen LogP contribution in [-0.4, -0.2) is 42.4 Å². The van der Waals surface area contributed by atoms with Crippen molar-refractivity contribution in [3.63, 3.8) is 0 Å². The van der Waals surface area contributed by atoms with E-state index in [1.165, 1.54) is 6.07 Å². The number of nitro benzene ring substituents is 1. The molecule has 0 radical (unpaired) electrons. The molecule has 10 heteroatoms. The van der Waals surface area contributed by atoms with Crippen LogP contribution in [-0.2, 0) is 14.3 Å². The molecule has 0 heterocycles. The van der Waals surface area contributed by atoms with Crippen LogP contribution in [0.5, 0.6) is 0 Å². The highest BCUT2D eigenvalue weighted by atomic mass is 35.5. The zero-order valence-electron chi connectivity index (χ0n) is 12.1. The van der Waals surface area contributed by atoms with Crippen LogP contribution in [0.25, 0.3) is 0 Å². The molecule has 9 nitrogen and oxygen atoms in total. The van der Waals surface area contributed by atoms with E-state index in [0.717, 1.165) is 12.1 Å². The predicted molar refractivity (Wildman–Crippen MR) is 80.1 cm³/mol. The molecule has 0 spiro atoms. The minimum absolute atomic E-state index is 0.114. The first kappa shape index (κ1) is 18.4. The van der Waals surface area contributed by atoms with Gasteiger partial charge in [-0.15, -0.1) is 0 Å². The zero-order chi connectivity index (χ0) is 17.4. The Labute approximate surface area is 136 Å². The maximum absolute atomic E-state index is 11.8. The van der Waals surface area contributed by atoms with E-state index >= 15 is 0 Å². The number of carbonyl (C=O) groups is 3. The first-order chi connectivity index (χ1) is 10.8. The van der Waals surface area contributed by atoms with Gasteiger partial charge in [0.25, 0.3) is 11.6 Å². The van der Waals surface area contributed by atoms with Crippen molar-refractivity contribution >= 4 is 35.1 Å². The highest BCUT2D eigenvalue weighted by Crippen LogP contribution is 2.23. The summed E-state index contributed by atoms with van der Waals surface area (Å²) < 4.78 is 4.68. The number of amides is 2. The van der Waals surface area contributed by atoms with Crippen LogP contribution in [0.3, 0.4) is 0 Å². The van der Waals surface area contributed by atoms with Crippen LogP contribution in [0.15, 0.2) is 18.2 Å².